The molecule has 2 bridgehead atoms. The van der Waals surface area contributed by atoms with Gasteiger partial charge in [0, 0.05) is 30.8 Å². The summed E-state index contributed by atoms with van der Waals surface area (Å²) in [6, 6.07) is 0. The van der Waals surface area contributed by atoms with Gasteiger partial charge >= 0.3 is 0 Å². The number of aliphatic hydroxyl groups is 1. The number of piperidine rings is 1. The highest BCUT2D eigenvalue weighted by atomic mass is 16.3. The van der Waals surface area contributed by atoms with Gasteiger partial charge in [-0.15, -0.1) is 0 Å². The molecule has 2 aliphatic heterocycles. The Morgan fingerprint density at radius 3 is 2.80 bits per heavy atom. The van der Waals surface area contributed by atoms with Gasteiger partial charge in [0.25, 0.3) is 0 Å². The first-order chi connectivity index (χ1) is 7.12. The number of hydrogen-bond donors (Lipinski definition) is 1. The second-order valence-electron chi connectivity index (χ2n) is 5.07. The van der Waals surface area contributed by atoms with Gasteiger partial charge in [0.2, 0.25) is 5.91 Å². The van der Waals surface area contributed by atoms with Crippen LogP contribution in [0.4, 0.5) is 0 Å². The van der Waals surface area contributed by atoms with E-state index >= 15 is 0 Å². The molecule has 2 saturated heterocycles. The molecule has 1 aliphatic carbocycles. The molecule has 1 amide bonds. The lowest BCUT2D eigenvalue weighted by Gasteiger charge is -2.50. The minimum absolute atomic E-state index is 0.0745. The molecule has 3 fully saturated rings. The predicted molar refractivity (Wildman–Crippen MR) is 52.0 cm³/mol. The van der Waals surface area contributed by atoms with Crippen LogP contribution in [0.15, 0.2) is 0 Å². The van der Waals surface area contributed by atoms with E-state index in [1.165, 1.54) is 0 Å². The zero-order valence-electron chi connectivity index (χ0n) is 8.61. The lowest BCUT2D eigenvalue weighted by Crippen LogP contribution is -2.60. The molecular formula is C11H15NO3. The summed E-state index contributed by atoms with van der Waals surface area (Å²) in [6.07, 6.45) is 2.87. The van der Waals surface area contributed by atoms with Gasteiger partial charge in [-0.2, -0.15) is 0 Å². The highest BCUT2D eigenvalue weighted by Crippen LogP contribution is 2.47. The summed E-state index contributed by atoms with van der Waals surface area (Å²) < 4.78 is 0. The number of fused-ring (bicyclic) bond motifs is 1. The maximum absolute atomic E-state index is 11.7. The van der Waals surface area contributed by atoms with Crippen LogP contribution in [0.25, 0.3) is 0 Å². The third-order valence-electron chi connectivity index (χ3n) is 4.36. The van der Waals surface area contributed by atoms with Gasteiger partial charge < -0.3 is 10.0 Å². The van der Waals surface area contributed by atoms with Crippen molar-refractivity contribution in [3.63, 3.8) is 0 Å². The minimum Gasteiger partial charge on any atom is -0.391 e. The summed E-state index contributed by atoms with van der Waals surface area (Å²) in [6.45, 7) is 0.370. The lowest BCUT2D eigenvalue weighted by atomic mass is 9.69. The van der Waals surface area contributed by atoms with Crippen molar-refractivity contribution in [2.45, 2.75) is 43.7 Å². The van der Waals surface area contributed by atoms with Crippen LogP contribution in [-0.2, 0) is 9.59 Å². The fourth-order valence-corrected chi connectivity index (χ4v) is 3.47. The van der Waals surface area contributed by atoms with E-state index in [1.54, 1.807) is 0 Å². The molecule has 3 aliphatic rings. The summed E-state index contributed by atoms with van der Waals surface area (Å²) in [7, 11) is 0. The monoisotopic (exact) mass is 209 g/mol. The molecule has 1 N–H and O–H groups in total. The van der Waals surface area contributed by atoms with Crippen LogP contribution in [0.2, 0.25) is 0 Å². The van der Waals surface area contributed by atoms with Gasteiger partial charge in [-0.1, -0.05) is 0 Å². The van der Waals surface area contributed by atoms with Gasteiger partial charge in [-0.3, -0.25) is 9.59 Å². The summed E-state index contributed by atoms with van der Waals surface area (Å²) in [5.41, 5.74) is -0.0745. The molecule has 0 aromatic rings. The van der Waals surface area contributed by atoms with Crippen LogP contribution in [0.5, 0.6) is 0 Å². The third kappa shape index (κ3) is 1.11. The molecule has 0 aromatic carbocycles. The van der Waals surface area contributed by atoms with Crippen LogP contribution in [-0.4, -0.2) is 39.9 Å². The first kappa shape index (κ1) is 9.33. The number of rotatable bonds is 0. The summed E-state index contributed by atoms with van der Waals surface area (Å²) >= 11 is 0. The predicted octanol–water partition coefficient (Wildman–Crippen LogP) is 0.0913. The Morgan fingerprint density at radius 2 is 2.00 bits per heavy atom. The van der Waals surface area contributed by atoms with Crippen molar-refractivity contribution in [2.24, 2.45) is 5.92 Å². The van der Waals surface area contributed by atoms with Crippen LogP contribution in [0.3, 0.4) is 0 Å². The number of β-amino-alcohol motifs (C(OH)–C–C–N with tert-alkyl or cyclic N) is 1. The average Bonchev–Trinajstić information content (AvgIpc) is 2.52. The van der Waals surface area contributed by atoms with Crippen molar-refractivity contribution in [3.8, 4) is 0 Å². The molecule has 0 radical (unpaired) electrons. The molecule has 0 aromatic heterocycles. The van der Waals surface area contributed by atoms with Gasteiger partial charge in [0.15, 0.2) is 0 Å². The Bertz CT molecular complexity index is 341. The van der Waals surface area contributed by atoms with Crippen LogP contribution in [0.1, 0.15) is 32.1 Å². The normalized spacial score (nSPS) is 44.5. The fourth-order valence-electron chi connectivity index (χ4n) is 3.47. The van der Waals surface area contributed by atoms with Crippen molar-refractivity contribution < 1.29 is 14.7 Å². The third-order valence-corrected chi connectivity index (χ3v) is 4.36. The first-order valence-corrected chi connectivity index (χ1v) is 5.64. The molecule has 3 rings (SSSR count). The van der Waals surface area contributed by atoms with Crippen molar-refractivity contribution in [1.82, 2.24) is 4.90 Å². The zero-order chi connectivity index (χ0) is 10.6. The highest BCUT2D eigenvalue weighted by Gasteiger charge is 2.55. The SMILES string of the molecule is O=C1CC[C@@]23CCC(=O)N2C[C@H](O)[C@@H]1C3. The van der Waals surface area contributed by atoms with Crippen molar-refractivity contribution in [3.05, 3.63) is 0 Å². The maximum atomic E-state index is 11.7. The van der Waals surface area contributed by atoms with Gasteiger partial charge in [-0.25, -0.2) is 0 Å². The molecule has 82 valence electrons. The number of amides is 1. The topological polar surface area (TPSA) is 57.6 Å². The number of Topliss-reactive ketones (excluding diaryl/α,β-unsaturated/α-hetero) is 1. The van der Waals surface area contributed by atoms with E-state index in [0.29, 0.717) is 25.8 Å². The van der Waals surface area contributed by atoms with E-state index < -0.39 is 6.10 Å². The minimum atomic E-state index is -0.632. The number of ketones is 1. The van der Waals surface area contributed by atoms with Crippen molar-refractivity contribution in [1.29, 1.82) is 0 Å². The second-order valence-corrected chi connectivity index (χ2v) is 5.07. The van der Waals surface area contributed by atoms with Crippen molar-refractivity contribution >= 4 is 11.7 Å². The van der Waals surface area contributed by atoms with E-state index in [1.807, 2.05) is 4.90 Å². The molecule has 4 heteroatoms. The van der Waals surface area contributed by atoms with Crippen molar-refractivity contribution in [2.75, 3.05) is 6.54 Å². The maximum Gasteiger partial charge on any atom is 0.223 e. The van der Waals surface area contributed by atoms with Crippen LogP contribution in [0, 0.1) is 5.92 Å². The van der Waals surface area contributed by atoms with Crippen LogP contribution < -0.4 is 0 Å². The smallest absolute Gasteiger partial charge is 0.223 e. The Labute approximate surface area is 88.2 Å². The van der Waals surface area contributed by atoms with Gasteiger partial charge in [0.05, 0.1) is 6.10 Å². The number of nitrogens with zero attached hydrogens (tertiary/aromatic N) is 1. The zero-order valence-corrected chi connectivity index (χ0v) is 8.61. The second kappa shape index (κ2) is 2.82. The number of hydrogen-bond acceptors (Lipinski definition) is 3. The number of carbonyl (C=O) groups excluding carboxylic acids is 2. The molecular weight excluding hydrogens is 194 g/mol. The average molecular weight is 209 g/mol. The molecule has 2 heterocycles. The van der Waals surface area contributed by atoms with Gasteiger partial charge in [-0.05, 0) is 19.3 Å². The summed E-state index contributed by atoms with van der Waals surface area (Å²) in [4.78, 5) is 25.1. The molecule has 3 atom stereocenters. The van der Waals surface area contributed by atoms with E-state index in [4.69, 9.17) is 0 Å². The summed E-state index contributed by atoms with van der Waals surface area (Å²) in [5, 5.41) is 9.84. The molecule has 1 spiro atoms. The van der Waals surface area contributed by atoms with Crippen LogP contribution >= 0.6 is 0 Å². The quantitative estimate of drug-likeness (QED) is 0.615. The molecule has 15 heavy (non-hydrogen) atoms. The number of carbonyl (C=O) groups is 2. The number of aliphatic hydroxyl groups excluding tert-OH is 1. The Hall–Kier alpha value is -0.900. The summed E-state index contributed by atoms with van der Waals surface area (Å²) in [5.74, 6) is 0.134. The Kier molecular flexibility index (Phi) is 1.75. The van der Waals surface area contributed by atoms with E-state index in [-0.39, 0.29) is 23.1 Å². The fraction of sp³-hybridized carbons (Fsp3) is 0.818. The Balaban J connectivity index is 1.97. The van der Waals surface area contributed by atoms with E-state index in [2.05, 4.69) is 0 Å². The first-order valence-electron chi connectivity index (χ1n) is 5.64. The molecule has 4 nitrogen and oxygen atoms in total. The Morgan fingerprint density at radius 1 is 1.27 bits per heavy atom. The van der Waals surface area contributed by atoms with E-state index in [9.17, 15) is 14.7 Å². The standard InChI is InChI=1S/C11H15NO3/c13-8-1-3-11-4-2-10(15)12(11)6-9(14)7(8)5-11/h7,9,14H,1-6H2/t7-,9+,11+/m1/s1. The van der Waals surface area contributed by atoms with Gasteiger partial charge in [0.1, 0.15) is 5.78 Å². The molecule has 0 unspecified atom stereocenters. The van der Waals surface area contributed by atoms with E-state index in [0.717, 1.165) is 12.8 Å². The lowest BCUT2D eigenvalue weighted by molar-refractivity contribution is -0.151. The molecule has 1 saturated carbocycles. The highest BCUT2D eigenvalue weighted by molar-refractivity contribution is 5.86. The largest absolute Gasteiger partial charge is 0.391 e.